The number of amides is 1. The van der Waals surface area contributed by atoms with Crippen molar-refractivity contribution < 1.29 is 9.18 Å². The molecule has 1 atom stereocenters. The molecule has 4 nitrogen and oxygen atoms in total. The summed E-state index contributed by atoms with van der Waals surface area (Å²) < 4.78 is 14.2. The van der Waals surface area contributed by atoms with Crippen LogP contribution in [0, 0.1) is 5.82 Å². The predicted molar refractivity (Wildman–Crippen MR) is 122 cm³/mol. The van der Waals surface area contributed by atoms with Crippen molar-refractivity contribution in [1.29, 1.82) is 0 Å². The summed E-state index contributed by atoms with van der Waals surface area (Å²) in [6, 6.07) is 17.1. The van der Waals surface area contributed by atoms with Crippen LogP contribution in [0.5, 0.6) is 0 Å². The summed E-state index contributed by atoms with van der Waals surface area (Å²) in [5.41, 5.74) is 1.83. The topological polar surface area (TPSA) is 26.8 Å². The summed E-state index contributed by atoms with van der Waals surface area (Å²) in [5, 5.41) is -0.205. The first-order chi connectivity index (χ1) is 14.7. The van der Waals surface area contributed by atoms with E-state index in [2.05, 4.69) is 34.1 Å². The Balaban J connectivity index is 1.25. The SMILES string of the molecule is O=C(CN1CCN(CC=Cc2ccccc2)CC1)N1CCSC1c1ccccc1F. The number of benzene rings is 2. The normalized spacial score (nSPS) is 20.8. The van der Waals surface area contributed by atoms with Crippen LogP contribution in [0.1, 0.15) is 16.5 Å². The number of hydrogen-bond acceptors (Lipinski definition) is 4. The lowest BCUT2D eigenvalue weighted by molar-refractivity contribution is -0.133. The van der Waals surface area contributed by atoms with Crippen molar-refractivity contribution in [3.8, 4) is 0 Å². The van der Waals surface area contributed by atoms with Gasteiger partial charge in [0, 0.05) is 50.6 Å². The van der Waals surface area contributed by atoms with E-state index in [9.17, 15) is 9.18 Å². The van der Waals surface area contributed by atoms with Gasteiger partial charge in [0.15, 0.2) is 0 Å². The quantitative estimate of drug-likeness (QED) is 0.705. The summed E-state index contributed by atoms with van der Waals surface area (Å²) in [4.78, 5) is 19.4. The minimum Gasteiger partial charge on any atom is -0.325 e. The Bertz CT molecular complexity index is 868. The van der Waals surface area contributed by atoms with Gasteiger partial charge in [0.1, 0.15) is 11.2 Å². The second-order valence-electron chi connectivity index (χ2n) is 7.72. The lowest BCUT2D eigenvalue weighted by Gasteiger charge is -2.35. The van der Waals surface area contributed by atoms with Gasteiger partial charge in [-0.15, -0.1) is 11.8 Å². The van der Waals surface area contributed by atoms with Gasteiger partial charge in [-0.2, -0.15) is 0 Å². The van der Waals surface area contributed by atoms with E-state index in [1.165, 1.54) is 11.6 Å². The molecule has 0 bridgehead atoms. The summed E-state index contributed by atoms with van der Waals surface area (Å²) >= 11 is 1.65. The summed E-state index contributed by atoms with van der Waals surface area (Å²) in [6.07, 6.45) is 4.36. The number of carbonyl (C=O) groups excluding carboxylic acids is 1. The zero-order valence-corrected chi connectivity index (χ0v) is 17.9. The Morgan fingerprint density at radius 1 is 0.967 bits per heavy atom. The number of nitrogens with zero attached hydrogens (tertiary/aromatic N) is 3. The molecular weight excluding hydrogens is 397 g/mol. The number of carbonyl (C=O) groups is 1. The summed E-state index contributed by atoms with van der Waals surface area (Å²) in [7, 11) is 0. The molecule has 0 saturated carbocycles. The van der Waals surface area contributed by atoms with Crippen molar-refractivity contribution in [3.63, 3.8) is 0 Å². The van der Waals surface area contributed by atoms with E-state index in [1.807, 2.05) is 29.2 Å². The molecule has 6 heteroatoms. The van der Waals surface area contributed by atoms with Crippen LogP contribution in [0.2, 0.25) is 0 Å². The summed E-state index contributed by atoms with van der Waals surface area (Å²) in [6.45, 7) is 5.71. The Morgan fingerprint density at radius 3 is 2.43 bits per heavy atom. The van der Waals surface area contributed by atoms with Crippen molar-refractivity contribution in [3.05, 3.63) is 77.6 Å². The highest BCUT2D eigenvalue weighted by atomic mass is 32.2. The molecule has 2 saturated heterocycles. The molecule has 0 aliphatic carbocycles. The second kappa shape index (κ2) is 10.2. The monoisotopic (exact) mass is 425 g/mol. The van der Waals surface area contributed by atoms with Crippen molar-refractivity contribution >= 4 is 23.7 Å². The molecular formula is C24H28FN3OS. The molecule has 158 valence electrons. The fourth-order valence-corrected chi connectivity index (χ4v) is 5.27. The minimum atomic E-state index is -0.230. The van der Waals surface area contributed by atoms with Gasteiger partial charge >= 0.3 is 0 Å². The first-order valence-corrected chi connectivity index (χ1v) is 11.6. The molecule has 0 spiro atoms. The van der Waals surface area contributed by atoms with Crippen LogP contribution in [0.4, 0.5) is 4.39 Å². The molecule has 2 aromatic rings. The molecule has 0 radical (unpaired) electrons. The molecule has 1 unspecified atom stereocenters. The van der Waals surface area contributed by atoms with Gasteiger partial charge in [-0.05, 0) is 11.6 Å². The third-order valence-electron chi connectivity index (χ3n) is 5.68. The largest absolute Gasteiger partial charge is 0.325 e. The smallest absolute Gasteiger partial charge is 0.237 e. The molecule has 2 heterocycles. The van der Waals surface area contributed by atoms with E-state index >= 15 is 0 Å². The standard InChI is InChI=1S/C24H28FN3OS/c25-22-11-5-4-10-21(22)24-28(17-18-30-24)23(29)19-27-15-13-26(14-16-27)12-6-9-20-7-2-1-3-8-20/h1-11,24H,12-19H2. The Kier molecular flexibility index (Phi) is 7.20. The first-order valence-electron chi connectivity index (χ1n) is 10.5. The average Bonchev–Trinajstić information content (AvgIpc) is 3.26. The van der Waals surface area contributed by atoms with Crippen LogP contribution in [0.25, 0.3) is 6.08 Å². The number of piperazine rings is 1. The third-order valence-corrected chi connectivity index (χ3v) is 6.92. The Hall–Kier alpha value is -2.15. The minimum absolute atomic E-state index is 0.102. The zero-order chi connectivity index (χ0) is 20.8. The lowest BCUT2D eigenvalue weighted by atomic mass is 10.2. The van der Waals surface area contributed by atoms with Crippen molar-refractivity contribution in [2.24, 2.45) is 0 Å². The first kappa shape index (κ1) is 21.1. The maximum atomic E-state index is 14.2. The average molecular weight is 426 g/mol. The number of rotatable bonds is 6. The Labute approximate surface area is 182 Å². The van der Waals surface area contributed by atoms with Crippen molar-refractivity contribution in [1.82, 2.24) is 14.7 Å². The van der Waals surface area contributed by atoms with E-state index in [0.29, 0.717) is 18.7 Å². The van der Waals surface area contributed by atoms with Crippen LogP contribution < -0.4 is 0 Å². The van der Waals surface area contributed by atoms with Crippen LogP contribution in [-0.2, 0) is 4.79 Å². The highest BCUT2D eigenvalue weighted by Crippen LogP contribution is 2.38. The highest BCUT2D eigenvalue weighted by Gasteiger charge is 2.33. The van der Waals surface area contributed by atoms with Crippen LogP contribution in [0.3, 0.4) is 0 Å². The van der Waals surface area contributed by atoms with Gasteiger partial charge < -0.3 is 4.90 Å². The van der Waals surface area contributed by atoms with E-state index in [-0.39, 0.29) is 17.1 Å². The molecule has 0 aromatic heterocycles. The third kappa shape index (κ3) is 5.31. The number of thioether (sulfide) groups is 1. The van der Waals surface area contributed by atoms with Crippen molar-refractivity contribution in [2.45, 2.75) is 5.37 Å². The highest BCUT2D eigenvalue weighted by molar-refractivity contribution is 7.99. The van der Waals surface area contributed by atoms with E-state index < -0.39 is 0 Å². The van der Waals surface area contributed by atoms with Gasteiger partial charge in [-0.25, -0.2) is 4.39 Å². The number of halogens is 1. The lowest BCUT2D eigenvalue weighted by Crippen LogP contribution is -2.49. The molecule has 0 N–H and O–H groups in total. The number of hydrogen-bond donors (Lipinski definition) is 0. The molecule has 4 rings (SSSR count). The maximum Gasteiger partial charge on any atom is 0.237 e. The maximum absolute atomic E-state index is 14.2. The van der Waals surface area contributed by atoms with Gasteiger partial charge in [0.05, 0.1) is 6.54 Å². The van der Waals surface area contributed by atoms with Crippen molar-refractivity contribution in [2.75, 3.05) is 51.6 Å². The molecule has 2 aliphatic heterocycles. The molecule has 2 aliphatic rings. The fraction of sp³-hybridized carbons (Fsp3) is 0.375. The zero-order valence-electron chi connectivity index (χ0n) is 17.1. The molecule has 1 amide bonds. The van der Waals surface area contributed by atoms with Crippen LogP contribution in [-0.4, -0.2) is 72.2 Å². The van der Waals surface area contributed by atoms with Crippen LogP contribution in [0.15, 0.2) is 60.7 Å². The second-order valence-corrected chi connectivity index (χ2v) is 8.91. The molecule has 30 heavy (non-hydrogen) atoms. The fourth-order valence-electron chi connectivity index (χ4n) is 3.97. The van der Waals surface area contributed by atoms with E-state index in [0.717, 1.165) is 38.5 Å². The predicted octanol–water partition coefficient (Wildman–Crippen LogP) is 3.73. The molecule has 2 fully saturated rings. The van der Waals surface area contributed by atoms with E-state index in [1.54, 1.807) is 23.9 Å². The van der Waals surface area contributed by atoms with Gasteiger partial charge in [0.25, 0.3) is 0 Å². The van der Waals surface area contributed by atoms with Gasteiger partial charge in [0.2, 0.25) is 5.91 Å². The molecule has 2 aromatic carbocycles. The Morgan fingerprint density at radius 2 is 1.67 bits per heavy atom. The van der Waals surface area contributed by atoms with Gasteiger partial charge in [-0.1, -0.05) is 60.7 Å². The summed E-state index contributed by atoms with van der Waals surface area (Å²) in [5.74, 6) is 0.726. The van der Waals surface area contributed by atoms with E-state index in [4.69, 9.17) is 0 Å². The van der Waals surface area contributed by atoms with Gasteiger partial charge in [-0.3, -0.25) is 14.6 Å². The van der Waals surface area contributed by atoms with Crippen LogP contribution >= 0.6 is 11.8 Å².